The van der Waals surface area contributed by atoms with Gasteiger partial charge in [0.05, 0.1) is 0 Å². The normalized spacial score (nSPS) is 14.0. The van der Waals surface area contributed by atoms with E-state index in [1.165, 1.54) is 69.4 Å². The molecule has 0 saturated heterocycles. The molecule has 3 aromatic carbocycles. The fourth-order valence-electron chi connectivity index (χ4n) is 3.68. The van der Waals surface area contributed by atoms with Gasteiger partial charge in [0, 0.05) is 40.6 Å². The van der Waals surface area contributed by atoms with Crippen LogP contribution in [0.3, 0.4) is 0 Å². The number of hydrogen-bond donors (Lipinski definition) is 2. The van der Waals surface area contributed by atoms with E-state index in [0.29, 0.717) is 0 Å². The second-order valence-electron chi connectivity index (χ2n) is 8.10. The molecule has 40 heavy (non-hydrogen) atoms. The second kappa shape index (κ2) is 11.0. The van der Waals surface area contributed by atoms with Crippen molar-refractivity contribution >= 4 is 62.7 Å². The van der Waals surface area contributed by atoms with Crippen molar-refractivity contribution in [3.63, 3.8) is 0 Å². The summed E-state index contributed by atoms with van der Waals surface area (Å²) in [7, 11) is 0. The van der Waals surface area contributed by atoms with Crippen molar-refractivity contribution < 1.29 is 53.5 Å². The van der Waals surface area contributed by atoms with Crippen LogP contribution in [0.5, 0.6) is 0 Å². The van der Waals surface area contributed by atoms with E-state index in [-0.39, 0.29) is 40.1 Å². The Kier molecular flexibility index (Phi) is 8.75. The zero-order valence-corrected chi connectivity index (χ0v) is 23.4. The van der Waals surface area contributed by atoms with E-state index in [1.54, 1.807) is 0 Å². The molecule has 1 unspecified atom stereocenters. The van der Waals surface area contributed by atoms with Crippen molar-refractivity contribution in [1.82, 2.24) is 0 Å². The van der Waals surface area contributed by atoms with Crippen LogP contribution in [0, 0.1) is 13.0 Å². The van der Waals surface area contributed by atoms with Crippen molar-refractivity contribution in [2.45, 2.75) is 23.9 Å². The number of anilines is 1. The van der Waals surface area contributed by atoms with Gasteiger partial charge in [-0.15, -0.1) is 0 Å². The van der Waals surface area contributed by atoms with Gasteiger partial charge < -0.3 is 11.1 Å². The molecule has 0 aromatic heterocycles. The minimum absolute atomic E-state index is 0.126. The number of hydrogen-bond acceptors (Lipinski definition) is 2. The van der Waals surface area contributed by atoms with E-state index in [9.17, 15) is 49.1 Å². The predicted molar refractivity (Wildman–Crippen MR) is 140 cm³/mol. The minimum atomic E-state index is -6.92. The lowest BCUT2D eigenvalue weighted by atomic mass is 9.86. The fraction of sp³-hybridized carbons (Fsp3) is 0.167. The number of carbonyl (C=O) groups is 2. The molecule has 0 aliphatic carbocycles. The van der Waals surface area contributed by atoms with E-state index < -0.39 is 54.3 Å². The molecule has 3 rings (SSSR count). The molecular formula is C24H12F10I2N2O2. The molecule has 0 saturated carbocycles. The zero-order valence-electron chi connectivity index (χ0n) is 19.1. The molecule has 3 aromatic rings. The molecule has 0 heterocycles. The monoisotopic (exact) mass is 804 g/mol. The number of amides is 2. The molecule has 214 valence electrons. The summed E-state index contributed by atoms with van der Waals surface area (Å²) in [6, 6.07) is 8.23. The lowest BCUT2D eigenvalue weighted by Gasteiger charge is -2.36. The van der Waals surface area contributed by atoms with Gasteiger partial charge >= 0.3 is 23.9 Å². The topological polar surface area (TPSA) is 72.2 Å². The highest BCUT2D eigenvalue weighted by atomic mass is 127. The molecular weight excluding hydrogens is 792 g/mol. The summed E-state index contributed by atoms with van der Waals surface area (Å²) in [5.74, 6) is -9.69. The maximum absolute atomic E-state index is 15.1. The largest absolute Gasteiger partial charge is 0.457 e. The quantitative estimate of drug-likeness (QED) is 0.196. The molecule has 0 spiro atoms. The molecule has 0 bridgehead atoms. The molecule has 0 fully saturated rings. The molecule has 2 amide bonds. The van der Waals surface area contributed by atoms with Crippen LogP contribution < -0.4 is 11.1 Å². The maximum atomic E-state index is 15.1. The van der Waals surface area contributed by atoms with Gasteiger partial charge in [0.2, 0.25) is 5.91 Å². The van der Waals surface area contributed by atoms with Gasteiger partial charge in [-0.1, -0.05) is 12.1 Å². The summed E-state index contributed by atoms with van der Waals surface area (Å²) in [5, 5.41) is 2.37. The Morgan fingerprint density at radius 3 is 1.77 bits per heavy atom. The van der Waals surface area contributed by atoms with Gasteiger partial charge in [0.25, 0.3) is 5.91 Å². The lowest BCUT2D eigenvalue weighted by molar-refractivity contribution is -0.389. The van der Waals surface area contributed by atoms with Crippen LogP contribution in [-0.2, 0) is 5.67 Å². The van der Waals surface area contributed by atoms with Gasteiger partial charge in [-0.3, -0.25) is 9.59 Å². The van der Waals surface area contributed by atoms with Crippen LogP contribution in [-0.4, -0.2) is 30.1 Å². The summed E-state index contributed by atoms with van der Waals surface area (Å²) in [4.78, 5) is 24.9. The van der Waals surface area contributed by atoms with Crippen LogP contribution in [0.1, 0.15) is 26.3 Å². The molecule has 0 radical (unpaired) electrons. The van der Waals surface area contributed by atoms with E-state index >= 15 is 4.39 Å². The van der Waals surface area contributed by atoms with Crippen molar-refractivity contribution in [2.24, 2.45) is 5.73 Å². The van der Waals surface area contributed by atoms with Gasteiger partial charge in [0.1, 0.15) is 5.82 Å². The van der Waals surface area contributed by atoms with Crippen LogP contribution in [0.2, 0.25) is 0 Å². The summed E-state index contributed by atoms with van der Waals surface area (Å²) < 4.78 is 135. The number of halogens is 12. The lowest BCUT2D eigenvalue weighted by Crippen LogP contribution is -2.59. The first-order valence-electron chi connectivity index (χ1n) is 10.4. The molecule has 4 nitrogen and oxygen atoms in total. The number of rotatable bonds is 6. The third-order valence-corrected chi connectivity index (χ3v) is 7.24. The smallest absolute Gasteiger partial charge is 0.366 e. The van der Waals surface area contributed by atoms with Gasteiger partial charge in [-0.05, 0) is 87.6 Å². The highest BCUT2D eigenvalue weighted by Crippen LogP contribution is 2.59. The number of nitrogens with one attached hydrogen (secondary N) is 1. The highest BCUT2D eigenvalue weighted by molar-refractivity contribution is 14.1. The number of alkyl halides is 9. The highest BCUT2D eigenvalue weighted by Gasteiger charge is 2.81. The Labute approximate surface area is 245 Å². The van der Waals surface area contributed by atoms with Crippen molar-refractivity contribution in [1.29, 1.82) is 0 Å². The maximum Gasteiger partial charge on any atom is 0.457 e. The molecule has 3 N–H and O–H groups in total. The Balaban J connectivity index is 2.28. The third-order valence-electron chi connectivity index (χ3n) is 5.53. The Bertz CT molecular complexity index is 1470. The van der Waals surface area contributed by atoms with Crippen LogP contribution in [0.4, 0.5) is 49.6 Å². The fourth-order valence-corrected chi connectivity index (χ4v) is 5.99. The Hall–Kier alpha value is -2.64. The number of primary amides is 1. The number of carbonyl (C=O) groups excluding carboxylic acids is 2. The SMILES string of the molecule is NC(=O)c1cccc(NC(=O)c2cccc(F)c2)c1-c1c(I)cc(C(F)(C(F)(F)F)C(F)(F)C(F)(F)F)cc1I. The standard InChI is InChI=1S/C24H12F10I2N2O2/c25-12-4-1-3-10(7-12)20(40)38-16-6-2-5-13(19(37)39)17(16)18-14(35)8-11(9-15(18)36)21(26,23(29,30)31)22(27,28)24(32,33)34/h1-9H,(H2,37,39)(H,38,40). The van der Waals surface area contributed by atoms with E-state index in [0.717, 1.165) is 18.2 Å². The van der Waals surface area contributed by atoms with Crippen LogP contribution in [0.25, 0.3) is 11.1 Å². The molecule has 0 aliphatic heterocycles. The van der Waals surface area contributed by atoms with E-state index in [4.69, 9.17) is 5.73 Å². The molecule has 0 aliphatic rings. The second-order valence-corrected chi connectivity index (χ2v) is 10.4. The molecule has 1 atom stereocenters. The third kappa shape index (κ3) is 5.60. The minimum Gasteiger partial charge on any atom is -0.366 e. The zero-order chi connectivity index (χ0) is 30.4. The summed E-state index contributed by atoms with van der Waals surface area (Å²) >= 11 is 2.52. The van der Waals surface area contributed by atoms with E-state index in [2.05, 4.69) is 5.32 Å². The summed E-state index contributed by atoms with van der Waals surface area (Å²) in [5.41, 5.74) is -4.08. The van der Waals surface area contributed by atoms with Gasteiger partial charge in [0.15, 0.2) is 0 Å². The van der Waals surface area contributed by atoms with Crippen molar-refractivity contribution in [3.8, 4) is 11.1 Å². The van der Waals surface area contributed by atoms with Crippen molar-refractivity contribution in [2.75, 3.05) is 5.32 Å². The molecule has 16 heteroatoms. The summed E-state index contributed by atoms with van der Waals surface area (Å²) in [6.07, 6.45) is -13.6. The van der Waals surface area contributed by atoms with Gasteiger partial charge in [-0.25, -0.2) is 8.78 Å². The van der Waals surface area contributed by atoms with Crippen molar-refractivity contribution in [3.05, 3.63) is 84.2 Å². The summed E-state index contributed by atoms with van der Waals surface area (Å²) in [6.45, 7) is 0. The van der Waals surface area contributed by atoms with Gasteiger partial charge in [-0.2, -0.15) is 35.1 Å². The van der Waals surface area contributed by atoms with Crippen LogP contribution >= 0.6 is 45.2 Å². The predicted octanol–water partition coefficient (Wildman–Crippen LogP) is 7.98. The average molecular weight is 804 g/mol. The first-order chi connectivity index (χ1) is 18.2. The Morgan fingerprint density at radius 2 is 1.30 bits per heavy atom. The first kappa shape index (κ1) is 31.9. The van der Waals surface area contributed by atoms with E-state index in [1.807, 2.05) is 0 Å². The average Bonchev–Trinajstić information content (AvgIpc) is 2.82. The first-order valence-corrected chi connectivity index (χ1v) is 12.6. The Morgan fingerprint density at radius 1 is 0.750 bits per heavy atom. The number of nitrogens with two attached hydrogens (primary N) is 1. The van der Waals surface area contributed by atoms with Crippen LogP contribution in [0.15, 0.2) is 54.6 Å². The number of benzene rings is 3.